The molecule has 108 valence electrons. The monoisotopic (exact) mass is 289 g/mol. The second kappa shape index (κ2) is 6.65. The minimum Gasteiger partial charge on any atom is -0.398 e. The Morgan fingerprint density at radius 3 is 2.39 bits per heavy atom. The molecule has 1 aliphatic heterocycles. The Hall–Kier alpha value is 0.314. The molecule has 0 aromatic heterocycles. The molecule has 1 fully saturated rings. The minimum absolute atomic E-state index is 0.635. The van der Waals surface area contributed by atoms with Gasteiger partial charge in [0.1, 0.15) is 8.24 Å². The van der Waals surface area contributed by atoms with Gasteiger partial charge in [0.15, 0.2) is 0 Å². The first-order valence-electron chi connectivity index (χ1n) is 7.28. The highest BCUT2D eigenvalue weighted by Gasteiger charge is 2.37. The molecule has 0 amide bonds. The van der Waals surface area contributed by atoms with Crippen LogP contribution in [0.15, 0.2) is 0 Å². The lowest BCUT2D eigenvalue weighted by molar-refractivity contribution is 0.163. The maximum absolute atomic E-state index is 6.23. The maximum Gasteiger partial charge on any atom is 0.334 e. The molecular formula is C13H31NO2Si2. The van der Waals surface area contributed by atoms with Crippen LogP contribution >= 0.6 is 0 Å². The molecule has 18 heavy (non-hydrogen) atoms. The van der Waals surface area contributed by atoms with Gasteiger partial charge in [0.05, 0.1) is 6.61 Å². The smallest absolute Gasteiger partial charge is 0.334 e. The first kappa shape index (κ1) is 16.4. The summed E-state index contributed by atoms with van der Waals surface area (Å²) in [5.74, 6) is 0. The molecule has 1 heterocycles. The largest absolute Gasteiger partial charge is 0.398 e. The lowest BCUT2D eigenvalue weighted by atomic mass is 10.2. The van der Waals surface area contributed by atoms with Gasteiger partial charge in [-0.1, -0.05) is 33.0 Å². The molecule has 0 spiro atoms. The molecule has 2 unspecified atom stereocenters. The van der Waals surface area contributed by atoms with E-state index in [1.165, 1.54) is 19.4 Å². The molecule has 1 rings (SSSR count). The molecule has 0 radical (unpaired) electrons. The SMILES string of the molecule is CCC[Si](C)(OC)OCC1CCCN1[Si](C)(C)C. The number of hydrogen-bond acceptors (Lipinski definition) is 3. The van der Waals surface area contributed by atoms with E-state index in [-0.39, 0.29) is 0 Å². The van der Waals surface area contributed by atoms with Gasteiger partial charge >= 0.3 is 8.56 Å². The van der Waals surface area contributed by atoms with Crippen LogP contribution in [-0.4, -0.2) is 47.7 Å². The van der Waals surface area contributed by atoms with Crippen molar-refractivity contribution in [1.82, 2.24) is 4.57 Å². The Balaban J connectivity index is 2.51. The van der Waals surface area contributed by atoms with E-state index in [1.54, 1.807) is 0 Å². The second-order valence-electron chi connectivity index (χ2n) is 6.56. The summed E-state index contributed by atoms with van der Waals surface area (Å²) in [5.41, 5.74) is 0. The third kappa shape index (κ3) is 4.45. The molecule has 0 N–H and O–H groups in total. The van der Waals surface area contributed by atoms with Crippen molar-refractivity contribution >= 4 is 16.8 Å². The molecule has 0 aromatic rings. The fraction of sp³-hybridized carbons (Fsp3) is 1.00. The normalized spacial score (nSPS) is 25.3. The fourth-order valence-corrected chi connectivity index (χ4v) is 6.90. The van der Waals surface area contributed by atoms with Gasteiger partial charge in [0, 0.05) is 13.2 Å². The third-order valence-electron chi connectivity index (χ3n) is 3.96. The molecule has 0 bridgehead atoms. The maximum atomic E-state index is 6.23. The van der Waals surface area contributed by atoms with Crippen molar-refractivity contribution < 1.29 is 8.85 Å². The van der Waals surface area contributed by atoms with Crippen LogP contribution in [0.2, 0.25) is 32.2 Å². The summed E-state index contributed by atoms with van der Waals surface area (Å²) in [6.07, 6.45) is 3.78. The van der Waals surface area contributed by atoms with Crippen molar-refractivity contribution in [3.05, 3.63) is 0 Å². The van der Waals surface area contributed by atoms with E-state index in [4.69, 9.17) is 8.85 Å². The molecule has 0 aliphatic carbocycles. The van der Waals surface area contributed by atoms with E-state index < -0.39 is 16.8 Å². The van der Waals surface area contributed by atoms with Crippen molar-refractivity contribution in [1.29, 1.82) is 0 Å². The van der Waals surface area contributed by atoms with Gasteiger partial charge in [-0.05, 0) is 32.0 Å². The summed E-state index contributed by atoms with van der Waals surface area (Å²) < 4.78 is 14.6. The molecule has 3 nitrogen and oxygen atoms in total. The average Bonchev–Trinajstić information content (AvgIpc) is 2.75. The summed E-state index contributed by atoms with van der Waals surface area (Å²) in [6.45, 7) is 13.9. The third-order valence-corrected chi connectivity index (χ3v) is 9.32. The van der Waals surface area contributed by atoms with E-state index in [0.717, 1.165) is 19.1 Å². The molecule has 1 saturated heterocycles. The van der Waals surface area contributed by atoms with Gasteiger partial charge in [-0.2, -0.15) is 0 Å². The van der Waals surface area contributed by atoms with Crippen molar-refractivity contribution in [2.45, 2.75) is 64.5 Å². The Labute approximate surface area is 115 Å². The van der Waals surface area contributed by atoms with Gasteiger partial charge in [-0.3, -0.25) is 0 Å². The summed E-state index contributed by atoms with van der Waals surface area (Å²) in [6, 6.07) is 1.74. The van der Waals surface area contributed by atoms with Crippen LogP contribution in [-0.2, 0) is 8.85 Å². The zero-order chi connectivity index (χ0) is 13.8. The van der Waals surface area contributed by atoms with Crippen LogP contribution in [0.5, 0.6) is 0 Å². The van der Waals surface area contributed by atoms with Crippen LogP contribution in [0.4, 0.5) is 0 Å². The molecule has 2 atom stereocenters. The standard InChI is InChI=1S/C13H31NO2Si2/c1-7-11-18(6,15-2)16-12-13-9-8-10-14(13)17(3,4)5/h13H,7-12H2,1-6H3. The Kier molecular flexibility index (Phi) is 6.05. The predicted molar refractivity (Wildman–Crippen MR) is 82.8 cm³/mol. The minimum atomic E-state index is -1.89. The highest BCUT2D eigenvalue weighted by Crippen LogP contribution is 2.26. The number of rotatable bonds is 7. The van der Waals surface area contributed by atoms with E-state index in [1.807, 2.05) is 7.11 Å². The van der Waals surface area contributed by atoms with Crippen molar-refractivity contribution in [3.63, 3.8) is 0 Å². The molecular weight excluding hydrogens is 258 g/mol. The van der Waals surface area contributed by atoms with Gasteiger partial charge < -0.3 is 13.4 Å². The van der Waals surface area contributed by atoms with E-state index in [2.05, 4.69) is 37.7 Å². The van der Waals surface area contributed by atoms with Crippen LogP contribution < -0.4 is 0 Å². The van der Waals surface area contributed by atoms with Crippen LogP contribution in [0.25, 0.3) is 0 Å². The zero-order valence-corrected chi connectivity index (χ0v) is 15.1. The molecule has 0 saturated carbocycles. The second-order valence-corrected chi connectivity index (χ2v) is 14.9. The lowest BCUT2D eigenvalue weighted by Gasteiger charge is -2.37. The van der Waals surface area contributed by atoms with E-state index >= 15 is 0 Å². The quantitative estimate of drug-likeness (QED) is 0.670. The van der Waals surface area contributed by atoms with E-state index in [0.29, 0.717) is 6.04 Å². The first-order valence-corrected chi connectivity index (χ1v) is 13.3. The average molecular weight is 290 g/mol. The highest BCUT2D eigenvalue weighted by molar-refractivity contribution is 6.73. The van der Waals surface area contributed by atoms with Crippen molar-refractivity contribution in [2.75, 3.05) is 20.3 Å². The number of nitrogens with zero attached hydrogens (tertiary/aromatic N) is 1. The Bertz CT molecular complexity index is 258. The molecule has 5 heteroatoms. The summed E-state index contributed by atoms with van der Waals surface area (Å²) in [7, 11) is -1.26. The Morgan fingerprint density at radius 1 is 1.22 bits per heavy atom. The summed E-state index contributed by atoms with van der Waals surface area (Å²) >= 11 is 0. The first-order chi connectivity index (χ1) is 8.32. The van der Waals surface area contributed by atoms with Gasteiger partial charge in [-0.25, -0.2) is 0 Å². The molecule has 1 aliphatic rings. The van der Waals surface area contributed by atoms with Crippen LogP contribution in [0.1, 0.15) is 26.2 Å². The van der Waals surface area contributed by atoms with Crippen LogP contribution in [0.3, 0.4) is 0 Å². The molecule has 0 aromatic carbocycles. The fourth-order valence-electron chi connectivity index (χ4n) is 2.85. The Morgan fingerprint density at radius 2 is 1.89 bits per heavy atom. The highest BCUT2D eigenvalue weighted by atomic mass is 28.4. The topological polar surface area (TPSA) is 21.7 Å². The van der Waals surface area contributed by atoms with Crippen molar-refractivity contribution in [3.8, 4) is 0 Å². The van der Waals surface area contributed by atoms with Gasteiger partial charge in [0.25, 0.3) is 0 Å². The van der Waals surface area contributed by atoms with Gasteiger partial charge in [0.2, 0.25) is 0 Å². The number of hydrogen-bond donors (Lipinski definition) is 0. The lowest BCUT2D eigenvalue weighted by Crippen LogP contribution is -2.51. The zero-order valence-electron chi connectivity index (χ0n) is 13.1. The van der Waals surface area contributed by atoms with E-state index in [9.17, 15) is 0 Å². The predicted octanol–water partition coefficient (Wildman–Crippen LogP) is 3.43. The van der Waals surface area contributed by atoms with Gasteiger partial charge in [-0.15, -0.1) is 0 Å². The summed E-state index contributed by atoms with van der Waals surface area (Å²) in [4.78, 5) is 0. The van der Waals surface area contributed by atoms with Crippen molar-refractivity contribution in [2.24, 2.45) is 0 Å². The summed E-state index contributed by atoms with van der Waals surface area (Å²) in [5, 5.41) is 0. The van der Waals surface area contributed by atoms with Crippen LogP contribution in [0, 0.1) is 0 Å².